The summed E-state index contributed by atoms with van der Waals surface area (Å²) in [6.45, 7) is 4.42. The first-order valence-corrected chi connectivity index (χ1v) is 6.95. The quantitative estimate of drug-likeness (QED) is 0.708. The lowest BCUT2D eigenvalue weighted by Crippen LogP contribution is -2.43. The van der Waals surface area contributed by atoms with Crippen molar-refractivity contribution in [3.05, 3.63) is 35.9 Å². The Morgan fingerprint density at radius 2 is 1.84 bits per heavy atom. The van der Waals surface area contributed by atoms with Crippen molar-refractivity contribution < 1.29 is 9.53 Å². The standard InChI is InChI=1S/C16H25NO2/c1-5-12-16(17(3)4,13-15(18)19-6-2)14-10-8-7-9-11-14/h7-11H,5-6,12-13H2,1-4H3. The first-order valence-electron chi connectivity index (χ1n) is 6.95. The Balaban J connectivity index is 3.11. The summed E-state index contributed by atoms with van der Waals surface area (Å²) in [5.41, 5.74) is 0.900. The fourth-order valence-corrected chi connectivity index (χ4v) is 2.59. The smallest absolute Gasteiger partial charge is 0.308 e. The molecule has 0 aromatic heterocycles. The summed E-state index contributed by atoms with van der Waals surface area (Å²) in [5.74, 6) is -0.131. The SMILES string of the molecule is CCCC(CC(=O)OCC)(c1ccccc1)N(C)C. The number of carbonyl (C=O) groups excluding carboxylic acids is 1. The summed E-state index contributed by atoms with van der Waals surface area (Å²) in [5, 5.41) is 0. The minimum atomic E-state index is -0.276. The lowest BCUT2D eigenvalue weighted by atomic mass is 9.81. The van der Waals surface area contributed by atoms with Crippen LogP contribution in [0.15, 0.2) is 30.3 Å². The van der Waals surface area contributed by atoms with Crippen molar-refractivity contribution in [3.8, 4) is 0 Å². The Kier molecular flexibility index (Phi) is 6.03. The van der Waals surface area contributed by atoms with Crippen molar-refractivity contribution in [2.75, 3.05) is 20.7 Å². The number of hydrogen-bond donors (Lipinski definition) is 0. The lowest BCUT2D eigenvalue weighted by molar-refractivity contribution is -0.146. The van der Waals surface area contributed by atoms with Crippen molar-refractivity contribution in [2.24, 2.45) is 0 Å². The number of ether oxygens (including phenoxy) is 1. The molecule has 0 heterocycles. The molecule has 0 spiro atoms. The van der Waals surface area contributed by atoms with E-state index >= 15 is 0 Å². The molecule has 0 aliphatic rings. The number of carbonyl (C=O) groups is 1. The van der Waals surface area contributed by atoms with Crippen molar-refractivity contribution in [1.29, 1.82) is 0 Å². The Hall–Kier alpha value is -1.35. The van der Waals surface area contributed by atoms with Crippen molar-refractivity contribution in [2.45, 2.75) is 38.6 Å². The third-order valence-electron chi connectivity index (χ3n) is 3.57. The zero-order valence-electron chi connectivity index (χ0n) is 12.5. The van der Waals surface area contributed by atoms with Crippen LogP contribution in [0.5, 0.6) is 0 Å². The van der Waals surface area contributed by atoms with Gasteiger partial charge in [-0.15, -0.1) is 0 Å². The van der Waals surface area contributed by atoms with Crippen molar-refractivity contribution >= 4 is 5.97 Å². The van der Waals surface area contributed by atoms with Gasteiger partial charge < -0.3 is 4.74 Å². The predicted octanol–water partition coefficient (Wildman–Crippen LogP) is 3.20. The molecule has 0 radical (unpaired) electrons. The van der Waals surface area contributed by atoms with E-state index in [0.717, 1.165) is 12.8 Å². The van der Waals surface area contributed by atoms with Gasteiger partial charge in [-0.25, -0.2) is 0 Å². The van der Waals surface area contributed by atoms with Crippen LogP contribution in [-0.4, -0.2) is 31.6 Å². The highest BCUT2D eigenvalue weighted by atomic mass is 16.5. The molecule has 0 amide bonds. The second-order valence-electron chi connectivity index (χ2n) is 5.02. The van der Waals surface area contributed by atoms with Gasteiger partial charge in [0.1, 0.15) is 0 Å². The van der Waals surface area contributed by atoms with E-state index in [1.807, 2.05) is 39.2 Å². The van der Waals surface area contributed by atoms with E-state index in [-0.39, 0.29) is 11.5 Å². The molecule has 1 atom stereocenters. The van der Waals surface area contributed by atoms with E-state index in [1.165, 1.54) is 5.56 Å². The molecule has 0 bridgehead atoms. The topological polar surface area (TPSA) is 29.5 Å². The maximum absolute atomic E-state index is 12.0. The molecule has 3 heteroatoms. The second-order valence-corrected chi connectivity index (χ2v) is 5.02. The van der Waals surface area contributed by atoms with Crippen molar-refractivity contribution in [3.63, 3.8) is 0 Å². The van der Waals surface area contributed by atoms with E-state index in [9.17, 15) is 4.79 Å². The summed E-state index contributed by atoms with van der Waals surface area (Å²) < 4.78 is 5.15. The summed E-state index contributed by atoms with van der Waals surface area (Å²) in [6, 6.07) is 10.2. The number of rotatable bonds is 7. The van der Waals surface area contributed by atoms with E-state index in [4.69, 9.17) is 4.74 Å². The largest absolute Gasteiger partial charge is 0.466 e. The van der Waals surface area contributed by atoms with Gasteiger partial charge in [0.2, 0.25) is 0 Å². The van der Waals surface area contributed by atoms with Gasteiger partial charge in [0.05, 0.1) is 18.6 Å². The van der Waals surface area contributed by atoms with Crippen LogP contribution in [0.25, 0.3) is 0 Å². The maximum Gasteiger partial charge on any atom is 0.308 e. The van der Waals surface area contributed by atoms with Crippen LogP contribution in [0.2, 0.25) is 0 Å². The minimum Gasteiger partial charge on any atom is -0.466 e. The van der Waals surface area contributed by atoms with E-state index in [2.05, 4.69) is 24.0 Å². The first-order chi connectivity index (χ1) is 9.06. The number of esters is 1. The van der Waals surface area contributed by atoms with E-state index in [0.29, 0.717) is 13.0 Å². The van der Waals surface area contributed by atoms with Gasteiger partial charge in [0, 0.05) is 0 Å². The molecule has 106 valence electrons. The molecule has 0 saturated heterocycles. The van der Waals surface area contributed by atoms with Gasteiger partial charge in [-0.3, -0.25) is 9.69 Å². The van der Waals surface area contributed by atoms with Crippen LogP contribution in [0.1, 0.15) is 38.7 Å². The average molecular weight is 263 g/mol. The van der Waals surface area contributed by atoms with Crippen LogP contribution >= 0.6 is 0 Å². The molecule has 0 saturated carbocycles. The zero-order valence-corrected chi connectivity index (χ0v) is 12.5. The Bertz CT molecular complexity index is 389. The molecule has 0 N–H and O–H groups in total. The van der Waals surface area contributed by atoms with Gasteiger partial charge in [-0.1, -0.05) is 43.7 Å². The van der Waals surface area contributed by atoms with Gasteiger partial charge in [-0.05, 0) is 33.0 Å². The Morgan fingerprint density at radius 3 is 2.32 bits per heavy atom. The summed E-state index contributed by atoms with van der Waals surface area (Å²) in [7, 11) is 4.06. The lowest BCUT2D eigenvalue weighted by Gasteiger charge is -2.40. The molecular weight excluding hydrogens is 238 g/mol. The fraction of sp³-hybridized carbons (Fsp3) is 0.562. The van der Waals surface area contributed by atoms with Crippen molar-refractivity contribution in [1.82, 2.24) is 4.90 Å². The van der Waals surface area contributed by atoms with Gasteiger partial charge in [0.25, 0.3) is 0 Å². The highest BCUT2D eigenvalue weighted by molar-refractivity contribution is 5.71. The normalized spacial score (nSPS) is 14.2. The molecule has 1 aromatic rings. The Morgan fingerprint density at radius 1 is 1.21 bits per heavy atom. The predicted molar refractivity (Wildman–Crippen MR) is 78.0 cm³/mol. The number of nitrogens with zero attached hydrogens (tertiary/aromatic N) is 1. The van der Waals surface area contributed by atoms with Gasteiger partial charge in [0.15, 0.2) is 0 Å². The van der Waals surface area contributed by atoms with E-state index in [1.54, 1.807) is 0 Å². The second kappa shape index (κ2) is 7.29. The third-order valence-corrected chi connectivity index (χ3v) is 3.57. The highest BCUT2D eigenvalue weighted by Gasteiger charge is 2.36. The Labute approximate surface area is 116 Å². The molecule has 0 fully saturated rings. The van der Waals surface area contributed by atoms with Crippen LogP contribution in [0.3, 0.4) is 0 Å². The maximum atomic E-state index is 12.0. The summed E-state index contributed by atoms with van der Waals surface area (Å²) in [6.07, 6.45) is 2.35. The highest BCUT2D eigenvalue weighted by Crippen LogP contribution is 2.35. The van der Waals surface area contributed by atoms with Crippen LogP contribution in [-0.2, 0) is 15.1 Å². The van der Waals surface area contributed by atoms with E-state index < -0.39 is 0 Å². The van der Waals surface area contributed by atoms with Gasteiger partial charge >= 0.3 is 5.97 Å². The first kappa shape index (κ1) is 15.7. The molecular formula is C16H25NO2. The zero-order chi connectivity index (χ0) is 14.3. The molecule has 0 aliphatic carbocycles. The third kappa shape index (κ3) is 3.80. The number of hydrogen-bond acceptors (Lipinski definition) is 3. The van der Waals surface area contributed by atoms with Crippen LogP contribution < -0.4 is 0 Å². The fourth-order valence-electron chi connectivity index (χ4n) is 2.59. The molecule has 1 unspecified atom stereocenters. The molecule has 3 nitrogen and oxygen atoms in total. The van der Waals surface area contributed by atoms with Gasteiger partial charge in [-0.2, -0.15) is 0 Å². The molecule has 0 aliphatic heterocycles. The van der Waals surface area contributed by atoms with Crippen LogP contribution in [0, 0.1) is 0 Å². The minimum absolute atomic E-state index is 0.131. The molecule has 19 heavy (non-hydrogen) atoms. The summed E-state index contributed by atoms with van der Waals surface area (Å²) in [4.78, 5) is 14.1. The summed E-state index contributed by atoms with van der Waals surface area (Å²) >= 11 is 0. The molecule has 1 rings (SSSR count). The average Bonchev–Trinajstić information content (AvgIpc) is 2.39. The molecule has 1 aromatic carbocycles. The number of benzene rings is 1. The van der Waals surface area contributed by atoms with Crippen LogP contribution in [0.4, 0.5) is 0 Å². The monoisotopic (exact) mass is 263 g/mol.